The first-order valence-corrected chi connectivity index (χ1v) is 8.52. The average molecular weight is 308 g/mol. The molecule has 124 valence electrons. The molecule has 1 aromatic rings. The van der Waals surface area contributed by atoms with Gasteiger partial charge in [0, 0.05) is 26.2 Å². The van der Waals surface area contributed by atoms with Crippen molar-refractivity contribution in [3.05, 3.63) is 11.7 Å². The first-order chi connectivity index (χ1) is 10.6. The molecule has 0 bridgehead atoms. The third-order valence-corrected chi connectivity index (χ3v) is 5.11. The number of rotatable bonds is 5. The number of piperazine rings is 1. The lowest BCUT2D eigenvalue weighted by atomic mass is 9.99. The van der Waals surface area contributed by atoms with E-state index in [2.05, 4.69) is 27.0 Å². The lowest BCUT2D eigenvalue weighted by Crippen LogP contribution is -2.49. The molecule has 2 fully saturated rings. The lowest BCUT2D eigenvalue weighted by Gasteiger charge is -2.38. The van der Waals surface area contributed by atoms with Crippen LogP contribution >= 0.6 is 0 Å². The third kappa shape index (κ3) is 3.86. The molecular weight excluding hydrogens is 280 g/mol. The van der Waals surface area contributed by atoms with Gasteiger partial charge in [0.25, 0.3) is 0 Å². The van der Waals surface area contributed by atoms with Gasteiger partial charge in [-0.15, -0.1) is 0 Å². The van der Waals surface area contributed by atoms with E-state index in [1.165, 1.54) is 25.7 Å². The van der Waals surface area contributed by atoms with Crippen molar-refractivity contribution < 1.29 is 9.63 Å². The second kappa shape index (κ2) is 7.06. The molecule has 2 unspecified atom stereocenters. The van der Waals surface area contributed by atoms with Gasteiger partial charge in [0.05, 0.1) is 6.10 Å². The standard InChI is InChI=1S/C16H28N4O2/c1-12-17-16(22-18-12)15-11-20(8-7-19(15)2)10-14(21)9-13-5-3-4-6-13/h13-15,21H,3-11H2,1-2H3. The summed E-state index contributed by atoms with van der Waals surface area (Å²) < 4.78 is 5.34. The molecule has 1 aromatic heterocycles. The molecule has 0 spiro atoms. The molecular formula is C16H28N4O2. The number of nitrogens with zero attached hydrogens (tertiary/aromatic N) is 4. The Morgan fingerprint density at radius 3 is 2.77 bits per heavy atom. The predicted octanol–water partition coefficient (Wildman–Crippen LogP) is 1.61. The van der Waals surface area contributed by atoms with Gasteiger partial charge in [-0.2, -0.15) is 4.98 Å². The van der Waals surface area contributed by atoms with Crippen molar-refractivity contribution in [2.45, 2.75) is 51.2 Å². The number of hydrogen-bond donors (Lipinski definition) is 1. The van der Waals surface area contributed by atoms with Gasteiger partial charge < -0.3 is 9.63 Å². The highest BCUT2D eigenvalue weighted by Gasteiger charge is 2.31. The number of likely N-dealkylation sites (N-methyl/N-ethyl adjacent to an activating group) is 1. The van der Waals surface area contributed by atoms with Crippen LogP contribution in [0.5, 0.6) is 0 Å². The lowest BCUT2D eigenvalue weighted by molar-refractivity contribution is 0.0331. The first-order valence-electron chi connectivity index (χ1n) is 8.52. The van der Waals surface area contributed by atoms with Crippen molar-refractivity contribution in [1.82, 2.24) is 19.9 Å². The van der Waals surface area contributed by atoms with Crippen LogP contribution in [0.15, 0.2) is 4.52 Å². The van der Waals surface area contributed by atoms with Gasteiger partial charge in [-0.25, -0.2) is 0 Å². The number of aliphatic hydroxyl groups is 1. The Morgan fingerprint density at radius 2 is 2.09 bits per heavy atom. The summed E-state index contributed by atoms with van der Waals surface area (Å²) in [6, 6.07) is 0.133. The second-order valence-corrected chi connectivity index (χ2v) is 6.98. The van der Waals surface area contributed by atoms with E-state index in [0.29, 0.717) is 11.7 Å². The Morgan fingerprint density at radius 1 is 1.32 bits per heavy atom. The van der Waals surface area contributed by atoms with Crippen LogP contribution in [0.3, 0.4) is 0 Å². The second-order valence-electron chi connectivity index (χ2n) is 6.98. The van der Waals surface area contributed by atoms with Gasteiger partial charge in [-0.05, 0) is 26.3 Å². The van der Waals surface area contributed by atoms with Crippen molar-refractivity contribution in [1.29, 1.82) is 0 Å². The van der Waals surface area contributed by atoms with E-state index in [1.54, 1.807) is 0 Å². The molecule has 0 aromatic carbocycles. The molecule has 6 heteroatoms. The summed E-state index contributed by atoms with van der Waals surface area (Å²) in [5.41, 5.74) is 0. The zero-order chi connectivity index (χ0) is 15.5. The summed E-state index contributed by atoms with van der Waals surface area (Å²) in [5, 5.41) is 14.3. The maximum atomic E-state index is 10.4. The first kappa shape index (κ1) is 15.9. The van der Waals surface area contributed by atoms with E-state index in [-0.39, 0.29) is 12.1 Å². The number of aryl methyl sites for hydroxylation is 1. The van der Waals surface area contributed by atoms with Crippen molar-refractivity contribution in [2.75, 3.05) is 33.2 Å². The smallest absolute Gasteiger partial charge is 0.245 e. The van der Waals surface area contributed by atoms with Crippen LogP contribution in [0.1, 0.15) is 49.9 Å². The Labute approximate surface area is 132 Å². The number of hydrogen-bond acceptors (Lipinski definition) is 6. The fraction of sp³-hybridized carbons (Fsp3) is 0.875. The van der Waals surface area contributed by atoms with Crippen LogP contribution in [-0.2, 0) is 0 Å². The molecule has 1 aliphatic heterocycles. The molecule has 0 amide bonds. The molecule has 2 heterocycles. The molecule has 22 heavy (non-hydrogen) atoms. The summed E-state index contributed by atoms with van der Waals surface area (Å²) in [7, 11) is 2.09. The average Bonchev–Trinajstić information content (AvgIpc) is 3.12. The highest BCUT2D eigenvalue weighted by atomic mass is 16.5. The van der Waals surface area contributed by atoms with Crippen molar-refractivity contribution in [3.8, 4) is 0 Å². The Hall–Kier alpha value is -0.980. The molecule has 1 saturated carbocycles. The Kier molecular flexibility index (Phi) is 5.10. The quantitative estimate of drug-likeness (QED) is 0.891. The van der Waals surface area contributed by atoms with Crippen molar-refractivity contribution in [3.63, 3.8) is 0 Å². The van der Waals surface area contributed by atoms with Crippen molar-refractivity contribution in [2.24, 2.45) is 5.92 Å². The molecule has 6 nitrogen and oxygen atoms in total. The summed E-state index contributed by atoms with van der Waals surface area (Å²) in [6.07, 6.45) is 6.01. The topological polar surface area (TPSA) is 65.6 Å². The maximum absolute atomic E-state index is 10.4. The number of β-amino-alcohol motifs (C(OH)–C–C–N with tert-alkyl or cyclic N) is 1. The zero-order valence-corrected chi connectivity index (χ0v) is 13.7. The van der Waals surface area contributed by atoms with Crippen LogP contribution in [-0.4, -0.2) is 64.4 Å². The van der Waals surface area contributed by atoms with Crippen molar-refractivity contribution >= 4 is 0 Å². The third-order valence-electron chi connectivity index (χ3n) is 5.11. The molecule has 0 radical (unpaired) electrons. The Balaban J connectivity index is 1.53. The minimum absolute atomic E-state index is 0.133. The normalized spacial score (nSPS) is 26.6. The minimum Gasteiger partial charge on any atom is -0.392 e. The van der Waals surface area contributed by atoms with Crippen LogP contribution in [0.4, 0.5) is 0 Å². The number of aromatic nitrogens is 2. The molecule has 1 N–H and O–H groups in total. The summed E-state index contributed by atoms with van der Waals surface area (Å²) in [6.45, 7) is 5.40. The minimum atomic E-state index is -0.212. The fourth-order valence-electron chi connectivity index (χ4n) is 3.81. The van der Waals surface area contributed by atoms with Gasteiger partial charge in [0.15, 0.2) is 5.82 Å². The van der Waals surface area contributed by atoms with Crippen LogP contribution in [0, 0.1) is 12.8 Å². The predicted molar refractivity (Wildman–Crippen MR) is 83.4 cm³/mol. The fourth-order valence-corrected chi connectivity index (χ4v) is 3.81. The molecule has 3 rings (SSSR count). The van der Waals surface area contributed by atoms with Gasteiger partial charge in [0.1, 0.15) is 6.04 Å². The summed E-state index contributed by atoms with van der Waals surface area (Å²) in [5.74, 6) is 2.11. The van der Waals surface area contributed by atoms with Crippen LogP contribution in [0.25, 0.3) is 0 Å². The van der Waals surface area contributed by atoms with Gasteiger partial charge in [0.2, 0.25) is 5.89 Å². The van der Waals surface area contributed by atoms with Gasteiger partial charge >= 0.3 is 0 Å². The van der Waals surface area contributed by atoms with E-state index >= 15 is 0 Å². The van der Waals surface area contributed by atoms with Crippen LogP contribution in [0.2, 0.25) is 0 Å². The van der Waals surface area contributed by atoms with Gasteiger partial charge in [-0.3, -0.25) is 9.80 Å². The Bertz CT molecular complexity index is 472. The monoisotopic (exact) mass is 308 g/mol. The largest absolute Gasteiger partial charge is 0.392 e. The van der Waals surface area contributed by atoms with E-state index in [4.69, 9.17) is 4.52 Å². The SMILES string of the molecule is Cc1noc(C2CN(CC(O)CC3CCCC3)CCN2C)n1. The highest BCUT2D eigenvalue weighted by Crippen LogP contribution is 2.29. The number of aliphatic hydroxyl groups excluding tert-OH is 1. The van der Waals surface area contributed by atoms with Crippen LogP contribution < -0.4 is 0 Å². The van der Waals surface area contributed by atoms with E-state index < -0.39 is 0 Å². The zero-order valence-electron chi connectivity index (χ0n) is 13.7. The molecule has 2 atom stereocenters. The molecule has 2 aliphatic rings. The highest BCUT2D eigenvalue weighted by molar-refractivity contribution is 4.96. The summed E-state index contributed by atoms with van der Waals surface area (Å²) >= 11 is 0. The van der Waals surface area contributed by atoms with E-state index in [1.807, 2.05) is 6.92 Å². The summed E-state index contributed by atoms with van der Waals surface area (Å²) in [4.78, 5) is 8.97. The molecule has 1 saturated heterocycles. The molecule has 1 aliphatic carbocycles. The van der Waals surface area contributed by atoms with E-state index in [9.17, 15) is 5.11 Å². The van der Waals surface area contributed by atoms with E-state index in [0.717, 1.165) is 38.5 Å². The van der Waals surface area contributed by atoms with Gasteiger partial charge in [-0.1, -0.05) is 30.8 Å². The maximum Gasteiger partial charge on any atom is 0.245 e.